The molecular weight excluding hydrogens is 403 g/mol. The second kappa shape index (κ2) is 8.78. The van der Waals surface area contributed by atoms with E-state index in [0.717, 1.165) is 12.1 Å². The Bertz CT molecular complexity index is 887. The number of anilines is 1. The van der Waals surface area contributed by atoms with Crippen molar-refractivity contribution in [2.24, 2.45) is 0 Å². The first kappa shape index (κ1) is 21.7. The minimum Gasteiger partial charge on any atom is -0.456 e. The molecule has 2 aromatic rings. The highest BCUT2D eigenvalue weighted by atomic mass is 19.4. The number of furan rings is 1. The Morgan fingerprint density at radius 2 is 1.70 bits per heavy atom. The second-order valence-electron chi connectivity index (χ2n) is 6.98. The maximum atomic E-state index is 12.5. The molecule has 1 aromatic heterocycles. The summed E-state index contributed by atoms with van der Waals surface area (Å²) in [7, 11) is 0. The van der Waals surface area contributed by atoms with Crippen molar-refractivity contribution in [3.05, 3.63) is 47.9 Å². The summed E-state index contributed by atoms with van der Waals surface area (Å²) in [6.45, 7) is 5.45. The van der Waals surface area contributed by atoms with Gasteiger partial charge in [-0.3, -0.25) is 14.5 Å². The highest BCUT2D eigenvalue weighted by Crippen LogP contribution is 2.24. The van der Waals surface area contributed by atoms with E-state index < -0.39 is 12.4 Å². The first-order valence-electron chi connectivity index (χ1n) is 9.39. The topological polar surface area (TPSA) is 75.0 Å². The molecule has 2 heterocycles. The number of amides is 2. The molecule has 7 nitrogen and oxygen atoms in total. The summed E-state index contributed by atoms with van der Waals surface area (Å²) in [6.07, 6.45) is -4.77. The summed E-state index contributed by atoms with van der Waals surface area (Å²) in [5.41, 5.74) is 0.364. The molecule has 1 unspecified atom stereocenters. The molecule has 10 heteroatoms. The molecule has 0 spiro atoms. The highest BCUT2D eigenvalue weighted by Gasteiger charge is 2.31. The molecule has 162 valence electrons. The normalized spacial score (nSPS) is 16.2. The van der Waals surface area contributed by atoms with E-state index in [1.54, 1.807) is 30.9 Å². The smallest absolute Gasteiger partial charge is 0.456 e. The van der Waals surface area contributed by atoms with Crippen LogP contribution >= 0.6 is 0 Å². The molecule has 1 aliphatic rings. The molecule has 1 aliphatic heterocycles. The third-order valence-electron chi connectivity index (χ3n) is 4.84. The van der Waals surface area contributed by atoms with Gasteiger partial charge in [0.1, 0.15) is 11.5 Å². The van der Waals surface area contributed by atoms with Crippen molar-refractivity contribution in [3.63, 3.8) is 0 Å². The molecule has 30 heavy (non-hydrogen) atoms. The molecule has 0 radical (unpaired) electrons. The number of hydrogen-bond acceptors (Lipinski definition) is 5. The lowest BCUT2D eigenvalue weighted by molar-refractivity contribution is -0.274. The fourth-order valence-electron chi connectivity index (χ4n) is 3.17. The average molecular weight is 425 g/mol. The summed E-state index contributed by atoms with van der Waals surface area (Å²) >= 11 is 0. The van der Waals surface area contributed by atoms with Crippen molar-refractivity contribution in [1.82, 2.24) is 9.80 Å². The number of alkyl halides is 3. The number of halogens is 3. The second-order valence-corrected chi connectivity index (χ2v) is 6.98. The number of piperazine rings is 1. The van der Waals surface area contributed by atoms with E-state index in [-0.39, 0.29) is 17.6 Å². The van der Waals surface area contributed by atoms with Gasteiger partial charge in [-0.25, -0.2) is 0 Å². The molecule has 2 amide bonds. The lowest BCUT2D eigenvalue weighted by atomic mass is 10.2. The van der Waals surface area contributed by atoms with E-state index >= 15 is 0 Å². The molecule has 1 atom stereocenters. The minimum absolute atomic E-state index is 0.180. The van der Waals surface area contributed by atoms with E-state index in [4.69, 9.17) is 4.42 Å². The summed E-state index contributed by atoms with van der Waals surface area (Å²) in [5, 5.41) is 2.68. The van der Waals surface area contributed by atoms with Gasteiger partial charge >= 0.3 is 6.36 Å². The standard InChI is InChI=1S/C20H22F3N3O4/c1-13-3-8-17(29-13)19(28)26-11-9-25(10-12-26)14(2)18(27)24-15-4-6-16(7-5-15)30-20(21,22)23/h3-8,14H,9-12H2,1-2H3,(H,24,27). The number of benzene rings is 1. The largest absolute Gasteiger partial charge is 0.573 e. The van der Waals surface area contributed by atoms with Crippen LogP contribution in [0.1, 0.15) is 23.2 Å². The van der Waals surface area contributed by atoms with Gasteiger partial charge in [-0.2, -0.15) is 0 Å². The third-order valence-corrected chi connectivity index (χ3v) is 4.84. The van der Waals surface area contributed by atoms with E-state index in [9.17, 15) is 22.8 Å². The van der Waals surface area contributed by atoms with Gasteiger partial charge in [0.15, 0.2) is 5.76 Å². The zero-order valence-corrected chi connectivity index (χ0v) is 16.5. The van der Waals surface area contributed by atoms with Crippen LogP contribution < -0.4 is 10.1 Å². The predicted octanol–water partition coefficient (Wildman–Crippen LogP) is 3.27. The summed E-state index contributed by atoms with van der Waals surface area (Å²) in [6, 6.07) is 7.85. The fourth-order valence-corrected chi connectivity index (χ4v) is 3.17. The lowest BCUT2D eigenvalue weighted by Crippen LogP contribution is -2.54. The zero-order valence-electron chi connectivity index (χ0n) is 16.5. The van der Waals surface area contributed by atoms with Crippen LogP contribution in [0.3, 0.4) is 0 Å². The van der Waals surface area contributed by atoms with Crippen molar-refractivity contribution in [2.75, 3.05) is 31.5 Å². The van der Waals surface area contributed by atoms with E-state index in [0.29, 0.717) is 43.4 Å². The quantitative estimate of drug-likeness (QED) is 0.796. The van der Waals surface area contributed by atoms with Crippen molar-refractivity contribution < 1.29 is 31.9 Å². The number of carbonyl (C=O) groups is 2. The van der Waals surface area contributed by atoms with E-state index in [2.05, 4.69) is 10.1 Å². The van der Waals surface area contributed by atoms with Crippen molar-refractivity contribution in [3.8, 4) is 5.75 Å². The summed E-state index contributed by atoms with van der Waals surface area (Å²) in [4.78, 5) is 28.6. The average Bonchev–Trinajstić information content (AvgIpc) is 3.13. The Kier molecular flexibility index (Phi) is 6.35. The first-order valence-corrected chi connectivity index (χ1v) is 9.39. The van der Waals surface area contributed by atoms with Gasteiger partial charge < -0.3 is 19.4 Å². The number of ether oxygens (including phenoxy) is 1. The van der Waals surface area contributed by atoms with Gasteiger partial charge in [0.2, 0.25) is 5.91 Å². The van der Waals surface area contributed by atoms with Crippen LogP contribution in [0.4, 0.5) is 18.9 Å². The van der Waals surface area contributed by atoms with Crippen LogP contribution in [0.15, 0.2) is 40.8 Å². The number of nitrogens with one attached hydrogen (secondary N) is 1. The Morgan fingerprint density at radius 3 is 2.23 bits per heavy atom. The Morgan fingerprint density at radius 1 is 1.07 bits per heavy atom. The van der Waals surface area contributed by atoms with Gasteiger partial charge in [-0.1, -0.05) is 0 Å². The molecule has 1 fully saturated rings. The number of nitrogens with zero attached hydrogens (tertiary/aromatic N) is 2. The molecule has 1 N–H and O–H groups in total. The van der Waals surface area contributed by atoms with Crippen LogP contribution in [-0.2, 0) is 4.79 Å². The maximum absolute atomic E-state index is 12.5. The summed E-state index contributed by atoms with van der Waals surface area (Å²) < 4.78 is 45.8. The lowest BCUT2D eigenvalue weighted by Gasteiger charge is -2.37. The molecule has 0 aliphatic carbocycles. The highest BCUT2D eigenvalue weighted by molar-refractivity contribution is 5.94. The van der Waals surface area contributed by atoms with Gasteiger partial charge in [-0.05, 0) is 50.2 Å². The Balaban J connectivity index is 1.50. The first-order chi connectivity index (χ1) is 14.1. The number of hydrogen-bond donors (Lipinski definition) is 1. The molecule has 0 bridgehead atoms. The number of rotatable bonds is 5. The molecule has 3 rings (SSSR count). The Labute approximate surface area is 171 Å². The SMILES string of the molecule is Cc1ccc(C(=O)N2CCN(C(C)C(=O)Nc3ccc(OC(F)(F)F)cc3)CC2)o1. The summed E-state index contributed by atoms with van der Waals surface area (Å²) in [5.74, 6) is 0.132. The van der Waals surface area contributed by atoms with Crippen LogP contribution in [0, 0.1) is 6.92 Å². The molecule has 0 saturated carbocycles. The van der Waals surface area contributed by atoms with Crippen LogP contribution in [0.5, 0.6) is 5.75 Å². The van der Waals surface area contributed by atoms with Gasteiger partial charge in [0.05, 0.1) is 6.04 Å². The van der Waals surface area contributed by atoms with Crippen molar-refractivity contribution in [2.45, 2.75) is 26.3 Å². The van der Waals surface area contributed by atoms with Gasteiger partial charge in [-0.15, -0.1) is 13.2 Å². The van der Waals surface area contributed by atoms with E-state index in [1.165, 1.54) is 12.1 Å². The predicted molar refractivity (Wildman–Crippen MR) is 102 cm³/mol. The molecule has 1 aromatic carbocycles. The monoisotopic (exact) mass is 425 g/mol. The van der Waals surface area contributed by atoms with Crippen molar-refractivity contribution in [1.29, 1.82) is 0 Å². The zero-order chi connectivity index (χ0) is 21.9. The minimum atomic E-state index is -4.77. The van der Waals surface area contributed by atoms with Crippen LogP contribution in [0.25, 0.3) is 0 Å². The maximum Gasteiger partial charge on any atom is 0.573 e. The van der Waals surface area contributed by atoms with Crippen LogP contribution in [-0.4, -0.2) is 60.2 Å². The third kappa shape index (κ3) is 5.53. The van der Waals surface area contributed by atoms with Gasteiger partial charge in [0.25, 0.3) is 5.91 Å². The Hall–Kier alpha value is -3.01. The fraction of sp³-hybridized carbons (Fsp3) is 0.400. The van der Waals surface area contributed by atoms with Crippen LogP contribution in [0.2, 0.25) is 0 Å². The van der Waals surface area contributed by atoms with Crippen molar-refractivity contribution >= 4 is 17.5 Å². The number of aryl methyl sites for hydroxylation is 1. The number of carbonyl (C=O) groups excluding carboxylic acids is 2. The van der Waals surface area contributed by atoms with Gasteiger partial charge in [0, 0.05) is 31.9 Å². The molecule has 1 saturated heterocycles. The molecular formula is C20H22F3N3O4. The van der Waals surface area contributed by atoms with E-state index in [1.807, 2.05) is 4.90 Å².